The van der Waals surface area contributed by atoms with Crippen molar-refractivity contribution in [2.45, 2.75) is 19.9 Å². The van der Waals surface area contributed by atoms with Gasteiger partial charge in [-0.15, -0.1) is 0 Å². The Hall–Kier alpha value is -1.89. The fourth-order valence-electron chi connectivity index (χ4n) is 2.19. The summed E-state index contributed by atoms with van der Waals surface area (Å²) in [7, 11) is 0. The third-order valence-corrected chi connectivity index (χ3v) is 4.94. The van der Waals surface area contributed by atoms with Crippen molar-refractivity contribution in [2.24, 2.45) is 11.0 Å². The first-order valence-corrected chi connectivity index (χ1v) is 9.67. The van der Waals surface area contributed by atoms with E-state index in [4.69, 9.17) is 23.2 Å². The second-order valence-corrected chi connectivity index (χ2v) is 7.84. The lowest BCUT2D eigenvalue weighted by Gasteiger charge is -2.20. The van der Waals surface area contributed by atoms with Crippen molar-refractivity contribution in [1.82, 2.24) is 10.7 Å². The second-order valence-electron chi connectivity index (χ2n) is 6.11. The van der Waals surface area contributed by atoms with E-state index < -0.39 is 17.9 Å². The number of hydrazone groups is 1. The number of nitrogens with one attached hydrogen (secondary N) is 2. The lowest BCUT2D eigenvalue weighted by Crippen LogP contribution is -2.48. The van der Waals surface area contributed by atoms with Gasteiger partial charge in [0.2, 0.25) is 0 Å². The molecule has 27 heavy (non-hydrogen) atoms. The van der Waals surface area contributed by atoms with Crippen LogP contribution in [0.3, 0.4) is 0 Å². The maximum Gasteiger partial charge on any atom is 0.262 e. The van der Waals surface area contributed by atoms with E-state index in [1.807, 2.05) is 38.1 Å². The zero-order valence-corrected chi connectivity index (χ0v) is 17.8. The molecule has 2 aromatic rings. The summed E-state index contributed by atoms with van der Waals surface area (Å²) in [5, 5.41) is 7.28. The highest BCUT2D eigenvalue weighted by Crippen LogP contribution is 2.22. The van der Waals surface area contributed by atoms with Gasteiger partial charge in [-0.2, -0.15) is 5.10 Å². The van der Waals surface area contributed by atoms with Gasteiger partial charge >= 0.3 is 0 Å². The van der Waals surface area contributed by atoms with Crippen LogP contribution in [-0.2, 0) is 4.79 Å². The first-order chi connectivity index (χ1) is 12.8. The molecular weight excluding hydrogens is 453 g/mol. The Morgan fingerprint density at radius 2 is 1.74 bits per heavy atom. The van der Waals surface area contributed by atoms with E-state index in [2.05, 4.69) is 31.8 Å². The molecule has 2 aromatic carbocycles. The zero-order valence-electron chi connectivity index (χ0n) is 14.7. The molecule has 142 valence electrons. The van der Waals surface area contributed by atoms with Gasteiger partial charge in [-0.1, -0.05) is 65.1 Å². The SMILES string of the molecule is CC(C)C(NC(=O)c1ccc(Cl)c(Cl)c1)C(=O)NN=Cc1ccc(Br)cc1. The van der Waals surface area contributed by atoms with Gasteiger partial charge in [-0.3, -0.25) is 9.59 Å². The number of hydrogen-bond acceptors (Lipinski definition) is 3. The van der Waals surface area contributed by atoms with Gasteiger partial charge < -0.3 is 5.32 Å². The zero-order chi connectivity index (χ0) is 20.0. The van der Waals surface area contributed by atoms with Crippen LogP contribution < -0.4 is 10.7 Å². The van der Waals surface area contributed by atoms with Gasteiger partial charge in [0.15, 0.2) is 0 Å². The maximum absolute atomic E-state index is 12.4. The molecule has 8 heteroatoms. The molecule has 0 aromatic heterocycles. The van der Waals surface area contributed by atoms with Crippen molar-refractivity contribution >= 4 is 57.2 Å². The molecule has 0 spiro atoms. The van der Waals surface area contributed by atoms with Gasteiger partial charge in [0, 0.05) is 10.0 Å². The molecular formula is C19H18BrCl2N3O2. The van der Waals surface area contributed by atoms with Crippen LogP contribution in [0, 0.1) is 5.92 Å². The summed E-state index contributed by atoms with van der Waals surface area (Å²) >= 11 is 15.2. The van der Waals surface area contributed by atoms with Crippen molar-refractivity contribution in [3.8, 4) is 0 Å². The Balaban J connectivity index is 2.02. The minimum atomic E-state index is -0.756. The Bertz CT molecular complexity index is 855. The van der Waals surface area contributed by atoms with E-state index >= 15 is 0 Å². The predicted octanol–water partition coefficient (Wildman–Crippen LogP) is 4.66. The molecule has 0 fully saturated rings. The lowest BCUT2D eigenvalue weighted by molar-refractivity contribution is -0.123. The molecule has 0 radical (unpaired) electrons. The molecule has 1 unspecified atom stereocenters. The van der Waals surface area contributed by atoms with Crippen LogP contribution in [0.1, 0.15) is 29.8 Å². The average molecular weight is 471 g/mol. The third kappa shape index (κ3) is 6.34. The van der Waals surface area contributed by atoms with E-state index in [-0.39, 0.29) is 10.9 Å². The van der Waals surface area contributed by atoms with Crippen LogP contribution in [-0.4, -0.2) is 24.1 Å². The smallest absolute Gasteiger partial charge is 0.262 e. The fraction of sp³-hybridized carbons (Fsp3) is 0.211. The van der Waals surface area contributed by atoms with Crippen LogP contribution in [0.4, 0.5) is 0 Å². The third-order valence-electron chi connectivity index (χ3n) is 3.68. The van der Waals surface area contributed by atoms with E-state index in [1.165, 1.54) is 18.3 Å². The van der Waals surface area contributed by atoms with Crippen LogP contribution in [0.2, 0.25) is 10.0 Å². The lowest BCUT2D eigenvalue weighted by atomic mass is 10.0. The minimum absolute atomic E-state index is 0.139. The number of carbonyl (C=O) groups excluding carboxylic acids is 2. The molecule has 1 atom stereocenters. The number of amides is 2. The number of hydrogen-bond donors (Lipinski definition) is 2. The van der Waals surface area contributed by atoms with E-state index in [0.717, 1.165) is 10.0 Å². The van der Waals surface area contributed by atoms with Gasteiger partial charge in [-0.25, -0.2) is 5.43 Å². The van der Waals surface area contributed by atoms with Crippen molar-refractivity contribution in [3.63, 3.8) is 0 Å². The monoisotopic (exact) mass is 469 g/mol. The quantitative estimate of drug-likeness (QED) is 0.476. The summed E-state index contributed by atoms with van der Waals surface area (Å²) in [6.07, 6.45) is 1.53. The highest BCUT2D eigenvalue weighted by molar-refractivity contribution is 9.10. The molecule has 0 bridgehead atoms. The fourth-order valence-corrected chi connectivity index (χ4v) is 2.75. The molecule has 0 aliphatic carbocycles. The van der Waals surface area contributed by atoms with Crippen molar-refractivity contribution in [3.05, 3.63) is 68.1 Å². The summed E-state index contributed by atoms with van der Waals surface area (Å²) < 4.78 is 0.952. The Kier molecular flexibility index (Phi) is 7.83. The molecule has 0 heterocycles. The molecule has 5 nitrogen and oxygen atoms in total. The first kappa shape index (κ1) is 21.4. The molecule has 2 amide bonds. The van der Waals surface area contributed by atoms with Crippen LogP contribution in [0.5, 0.6) is 0 Å². The van der Waals surface area contributed by atoms with E-state index in [9.17, 15) is 9.59 Å². The highest BCUT2D eigenvalue weighted by Gasteiger charge is 2.24. The topological polar surface area (TPSA) is 70.6 Å². The number of halogens is 3. The van der Waals surface area contributed by atoms with Crippen molar-refractivity contribution < 1.29 is 9.59 Å². The van der Waals surface area contributed by atoms with Crippen LogP contribution in [0.15, 0.2) is 52.0 Å². The van der Waals surface area contributed by atoms with Crippen molar-refractivity contribution in [1.29, 1.82) is 0 Å². The standard InChI is InChI=1S/C19H18BrCl2N3O2/c1-11(2)17(24-18(26)13-5-8-15(21)16(22)9-13)19(27)25-23-10-12-3-6-14(20)7-4-12/h3-11,17H,1-2H3,(H,24,26)(H,25,27). The molecule has 0 saturated heterocycles. The van der Waals surface area contributed by atoms with Crippen LogP contribution >= 0.6 is 39.1 Å². The van der Waals surface area contributed by atoms with Gasteiger partial charge in [0.1, 0.15) is 6.04 Å². The normalized spacial score (nSPS) is 12.2. The first-order valence-electron chi connectivity index (χ1n) is 8.12. The molecule has 2 rings (SSSR count). The molecule has 0 aliphatic heterocycles. The average Bonchev–Trinajstić information content (AvgIpc) is 2.63. The Labute approximate surface area is 176 Å². The summed E-state index contributed by atoms with van der Waals surface area (Å²) in [4.78, 5) is 24.8. The number of carbonyl (C=O) groups is 2. The Morgan fingerprint density at radius 1 is 1.07 bits per heavy atom. The summed E-state index contributed by atoms with van der Waals surface area (Å²) in [6, 6.07) is 11.2. The predicted molar refractivity (Wildman–Crippen MR) is 112 cm³/mol. The summed E-state index contributed by atoms with van der Waals surface area (Å²) in [6.45, 7) is 3.66. The summed E-state index contributed by atoms with van der Waals surface area (Å²) in [5.41, 5.74) is 3.61. The molecule has 2 N–H and O–H groups in total. The highest BCUT2D eigenvalue weighted by atomic mass is 79.9. The maximum atomic E-state index is 12.4. The van der Waals surface area contributed by atoms with Crippen LogP contribution in [0.25, 0.3) is 0 Å². The Morgan fingerprint density at radius 3 is 2.33 bits per heavy atom. The van der Waals surface area contributed by atoms with Crippen molar-refractivity contribution in [2.75, 3.05) is 0 Å². The largest absolute Gasteiger partial charge is 0.340 e. The van der Waals surface area contributed by atoms with Gasteiger partial charge in [-0.05, 0) is 41.8 Å². The van der Waals surface area contributed by atoms with Gasteiger partial charge in [0.05, 0.1) is 16.3 Å². The number of rotatable bonds is 6. The van der Waals surface area contributed by atoms with E-state index in [0.29, 0.717) is 10.6 Å². The molecule has 0 saturated carbocycles. The summed E-state index contributed by atoms with van der Waals surface area (Å²) in [5.74, 6) is -0.967. The van der Waals surface area contributed by atoms with Gasteiger partial charge in [0.25, 0.3) is 11.8 Å². The van der Waals surface area contributed by atoms with E-state index in [1.54, 1.807) is 6.07 Å². The number of benzene rings is 2. The second kappa shape index (κ2) is 9.88. The molecule has 0 aliphatic rings. The number of nitrogens with zero attached hydrogens (tertiary/aromatic N) is 1. The minimum Gasteiger partial charge on any atom is -0.340 e.